The minimum absolute atomic E-state index is 0.0531. The van der Waals surface area contributed by atoms with Crippen LogP contribution in [-0.2, 0) is 22.4 Å². The van der Waals surface area contributed by atoms with Crippen LogP contribution in [0.2, 0.25) is 0 Å². The Hall–Kier alpha value is -3.50. The Morgan fingerprint density at radius 1 is 0.524 bits per heavy atom. The second-order valence-electron chi connectivity index (χ2n) is 11.4. The second-order valence-corrected chi connectivity index (χ2v) is 11.4. The Bertz CT molecular complexity index is 1040. The Morgan fingerprint density at radius 2 is 0.881 bits per heavy atom. The molecule has 0 aliphatic rings. The van der Waals surface area contributed by atoms with Crippen LogP contribution in [-0.4, -0.2) is 119 Å². The fraction of sp³-hybridized carbons (Fsp3) is 0.562. The Morgan fingerprint density at radius 3 is 1.21 bits per heavy atom. The van der Waals surface area contributed by atoms with Gasteiger partial charge < -0.3 is 40.0 Å². The number of benzene rings is 2. The first-order chi connectivity index (χ1) is 20.0. The summed E-state index contributed by atoms with van der Waals surface area (Å²) in [6.07, 6.45) is 4.85. The van der Waals surface area contributed by atoms with Gasteiger partial charge >= 0.3 is 0 Å². The molecule has 0 saturated carbocycles. The van der Waals surface area contributed by atoms with Gasteiger partial charge in [0, 0.05) is 39.0 Å². The van der Waals surface area contributed by atoms with Gasteiger partial charge in [-0.25, -0.2) is 0 Å². The molecule has 10 heteroatoms. The number of carbonyl (C=O) groups is 2. The molecule has 4 N–H and O–H groups in total. The van der Waals surface area contributed by atoms with Crippen molar-refractivity contribution in [3.05, 3.63) is 47.5 Å². The predicted octanol–water partition coefficient (Wildman–Crippen LogP) is 3.42. The number of nitrogens with zero attached hydrogens (tertiary/aromatic N) is 4. The van der Waals surface area contributed by atoms with Gasteiger partial charge in [0.15, 0.2) is 23.0 Å². The first kappa shape index (κ1) is 34.7. The lowest BCUT2D eigenvalue weighted by atomic mass is 10.1. The average Bonchev–Trinajstić information content (AvgIpc) is 2.93. The third-order valence-corrected chi connectivity index (χ3v) is 7.21. The van der Waals surface area contributed by atoms with Gasteiger partial charge in [0.1, 0.15) is 0 Å². The van der Waals surface area contributed by atoms with Crippen LogP contribution in [0.4, 0.5) is 0 Å². The Kier molecular flexibility index (Phi) is 15.0. The molecule has 2 aromatic rings. The summed E-state index contributed by atoms with van der Waals surface area (Å²) in [4.78, 5) is 34.3. The molecule has 0 aromatic heterocycles. The van der Waals surface area contributed by atoms with Crippen molar-refractivity contribution in [2.75, 3.05) is 67.5 Å². The minimum atomic E-state index is -0.186. The maximum absolute atomic E-state index is 13.1. The number of phenolic OH excluding ortho intramolecular Hbond substituents is 4. The van der Waals surface area contributed by atoms with Gasteiger partial charge in [-0.2, -0.15) is 0 Å². The zero-order valence-electron chi connectivity index (χ0n) is 25.8. The van der Waals surface area contributed by atoms with E-state index in [1.54, 1.807) is 12.1 Å². The topological polar surface area (TPSA) is 128 Å². The maximum Gasteiger partial charge on any atom is 0.222 e. The fourth-order valence-corrected chi connectivity index (χ4v) is 4.75. The molecule has 0 unspecified atom stereocenters. The summed E-state index contributed by atoms with van der Waals surface area (Å²) in [6, 6.07) is 9.28. The summed E-state index contributed by atoms with van der Waals surface area (Å²) in [5.41, 5.74) is 1.59. The van der Waals surface area contributed by atoms with E-state index < -0.39 is 0 Å². The number of unbranched alkanes of at least 4 members (excludes halogenated alkanes) is 1. The average molecular weight is 587 g/mol. The number of aromatic hydroxyl groups is 4. The SMILES string of the molecule is CN(C)CCCN(CCCCN(CCCN(C)C)C(=O)CCc1ccc(O)c(O)c1)C(=O)CCc1ccc(O)c(O)c1. The van der Waals surface area contributed by atoms with Crippen molar-refractivity contribution >= 4 is 11.8 Å². The standard InChI is InChI=1S/C32H50N4O6/c1-33(2)17-7-21-35(31(41)15-11-25-9-13-27(37)29(39)23-25)19-5-6-20-36(22-8-18-34(3)4)32(42)16-12-26-10-14-28(38)30(40)24-26/h9-10,13-14,23-24,37-40H,5-8,11-12,15-22H2,1-4H3. The summed E-state index contributed by atoms with van der Waals surface area (Å²) in [7, 11) is 8.04. The summed E-state index contributed by atoms with van der Waals surface area (Å²) >= 11 is 0. The van der Waals surface area contributed by atoms with E-state index in [0.717, 1.165) is 49.9 Å². The van der Waals surface area contributed by atoms with Crippen LogP contribution in [0.25, 0.3) is 0 Å². The summed E-state index contributed by atoms with van der Waals surface area (Å²) in [6.45, 7) is 4.29. The van der Waals surface area contributed by atoms with E-state index in [2.05, 4.69) is 9.80 Å². The van der Waals surface area contributed by atoms with Crippen molar-refractivity contribution in [1.29, 1.82) is 0 Å². The van der Waals surface area contributed by atoms with Crippen molar-refractivity contribution in [1.82, 2.24) is 19.6 Å². The monoisotopic (exact) mass is 586 g/mol. The van der Waals surface area contributed by atoms with Gasteiger partial charge in [0.25, 0.3) is 0 Å². The lowest BCUT2D eigenvalue weighted by Crippen LogP contribution is -2.36. The zero-order valence-corrected chi connectivity index (χ0v) is 25.8. The molecule has 0 saturated heterocycles. The molecule has 42 heavy (non-hydrogen) atoms. The summed E-state index contributed by atoms with van der Waals surface area (Å²) in [5.74, 6) is -0.620. The molecule has 0 atom stereocenters. The quantitative estimate of drug-likeness (QED) is 0.146. The Labute approximate surface area is 250 Å². The zero-order chi connectivity index (χ0) is 31.1. The molecule has 234 valence electrons. The first-order valence-corrected chi connectivity index (χ1v) is 14.8. The van der Waals surface area contributed by atoms with E-state index in [-0.39, 0.29) is 34.8 Å². The third-order valence-electron chi connectivity index (χ3n) is 7.21. The van der Waals surface area contributed by atoms with Crippen LogP contribution >= 0.6 is 0 Å². The van der Waals surface area contributed by atoms with E-state index in [1.807, 2.05) is 38.0 Å². The lowest BCUT2D eigenvalue weighted by molar-refractivity contribution is -0.132. The molecule has 10 nitrogen and oxygen atoms in total. The summed E-state index contributed by atoms with van der Waals surface area (Å²) in [5, 5.41) is 38.6. The molecular weight excluding hydrogens is 536 g/mol. The number of amides is 2. The van der Waals surface area contributed by atoms with E-state index in [4.69, 9.17) is 0 Å². The smallest absolute Gasteiger partial charge is 0.222 e. The molecule has 0 heterocycles. The van der Waals surface area contributed by atoms with Crippen molar-refractivity contribution in [3.8, 4) is 23.0 Å². The van der Waals surface area contributed by atoms with Gasteiger partial charge in [-0.3, -0.25) is 9.59 Å². The molecule has 0 bridgehead atoms. The number of hydrogen-bond donors (Lipinski definition) is 4. The first-order valence-electron chi connectivity index (χ1n) is 14.8. The number of carbonyl (C=O) groups excluding carboxylic acids is 2. The predicted molar refractivity (Wildman–Crippen MR) is 165 cm³/mol. The molecule has 0 fully saturated rings. The van der Waals surface area contributed by atoms with Crippen LogP contribution in [0, 0.1) is 0 Å². The molecule has 2 amide bonds. The second kappa shape index (κ2) is 18.1. The maximum atomic E-state index is 13.1. The molecule has 0 aliphatic heterocycles. The van der Waals surface area contributed by atoms with Crippen LogP contribution < -0.4 is 0 Å². The molecule has 2 aromatic carbocycles. The molecule has 0 aliphatic carbocycles. The van der Waals surface area contributed by atoms with E-state index in [1.165, 1.54) is 24.3 Å². The number of rotatable bonds is 19. The molecule has 0 radical (unpaired) electrons. The normalized spacial score (nSPS) is 11.3. The van der Waals surface area contributed by atoms with E-state index in [0.29, 0.717) is 51.9 Å². The Balaban J connectivity index is 1.93. The van der Waals surface area contributed by atoms with Crippen molar-refractivity contribution in [2.24, 2.45) is 0 Å². The fourth-order valence-electron chi connectivity index (χ4n) is 4.75. The number of hydrogen-bond acceptors (Lipinski definition) is 8. The molecule has 2 rings (SSSR count). The summed E-state index contributed by atoms with van der Waals surface area (Å²) < 4.78 is 0. The van der Waals surface area contributed by atoms with Gasteiger partial charge in [0.05, 0.1) is 0 Å². The van der Waals surface area contributed by atoms with Gasteiger partial charge in [0.2, 0.25) is 11.8 Å². The van der Waals surface area contributed by atoms with E-state index >= 15 is 0 Å². The highest BCUT2D eigenvalue weighted by Crippen LogP contribution is 2.26. The van der Waals surface area contributed by atoms with Crippen molar-refractivity contribution in [2.45, 2.75) is 51.4 Å². The highest BCUT2D eigenvalue weighted by Gasteiger charge is 2.17. The van der Waals surface area contributed by atoms with Crippen LogP contribution in [0.3, 0.4) is 0 Å². The van der Waals surface area contributed by atoms with Crippen LogP contribution in [0.1, 0.15) is 49.7 Å². The van der Waals surface area contributed by atoms with E-state index in [9.17, 15) is 30.0 Å². The third kappa shape index (κ3) is 13.0. The number of aryl methyl sites for hydroxylation is 2. The van der Waals surface area contributed by atoms with Crippen molar-refractivity contribution < 1.29 is 30.0 Å². The largest absolute Gasteiger partial charge is 0.504 e. The van der Waals surface area contributed by atoms with Gasteiger partial charge in [-0.1, -0.05) is 12.1 Å². The van der Waals surface area contributed by atoms with Crippen molar-refractivity contribution in [3.63, 3.8) is 0 Å². The van der Waals surface area contributed by atoms with Crippen LogP contribution in [0.5, 0.6) is 23.0 Å². The number of phenols is 4. The highest BCUT2D eigenvalue weighted by atomic mass is 16.3. The highest BCUT2D eigenvalue weighted by molar-refractivity contribution is 5.77. The molecule has 0 spiro atoms. The van der Waals surface area contributed by atoms with Gasteiger partial charge in [-0.05, 0) is 115 Å². The lowest BCUT2D eigenvalue weighted by Gasteiger charge is -2.26. The minimum Gasteiger partial charge on any atom is -0.504 e. The molecular formula is C32H50N4O6. The van der Waals surface area contributed by atoms with Crippen LogP contribution in [0.15, 0.2) is 36.4 Å². The van der Waals surface area contributed by atoms with Gasteiger partial charge in [-0.15, -0.1) is 0 Å².